The number of amides is 1. The van der Waals surface area contributed by atoms with Crippen molar-refractivity contribution in [2.45, 2.75) is 38.9 Å². The summed E-state index contributed by atoms with van der Waals surface area (Å²) in [6.07, 6.45) is 1.49. The molecule has 4 rings (SSSR count). The van der Waals surface area contributed by atoms with Crippen molar-refractivity contribution in [2.75, 3.05) is 25.1 Å². The number of aromatic amines is 1. The van der Waals surface area contributed by atoms with Crippen LogP contribution >= 0.6 is 0 Å². The molecule has 0 aliphatic carbocycles. The van der Waals surface area contributed by atoms with Crippen molar-refractivity contribution in [2.24, 2.45) is 5.73 Å². The topological polar surface area (TPSA) is 135 Å². The van der Waals surface area contributed by atoms with Crippen LogP contribution in [0.4, 0.5) is 24.7 Å². The lowest BCUT2D eigenvalue weighted by Gasteiger charge is -2.18. The molecule has 13 heteroatoms. The highest BCUT2D eigenvalue weighted by molar-refractivity contribution is 5.96. The average Bonchev–Trinajstić information content (AvgIpc) is 3.50. The first-order valence-corrected chi connectivity index (χ1v) is 12.0. The minimum atomic E-state index is -4.62. The number of H-pyrrole nitrogens is 1. The summed E-state index contributed by atoms with van der Waals surface area (Å²) in [4.78, 5) is 21.3. The van der Waals surface area contributed by atoms with E-state index in [0.717, 1.165) is 5.56 Å². The molecule has 0 saturated carbocycles. The predicted molar refractivity (Wildman–Crippen MR) is 136 cm³/mol. The molecule has 0 aliphatic heterocycles. The molecule has 0 saturated heterocycles. The van der Waals surface area contributed by atoms with Crippen molar-refractivity contribution in [1.82, 2.24) is 29.9 Å². The number of nitrogens with zero attached hydrogens (tertiary/aromatic N) is 4. The van der Waals surface area contributed by atoms with E-state index in [2.05, 4.69) is 30.8 Å². The van der Waals surface area contributed by atoms with Gasteiger partial charge in [0.1, 0.15) is 0 Å². The van der Waals surface area contributed by atoms with Crippen LogP contribution in [-0.4, -0.2) is 55.8 Å². The SMILES string of the molecule is CCc1cc(Nc2nccn3c(-c4c[nH]nc4C(F)(F)F)cnc23)ccc1C(=O)NCCOCC(C)(C)N. The van der Waals surface area contributed by atoms with Gasteiger partial charge in [-0.15, -0.1) is 0 Å². The molecule has 4 aromatic rings. The monoisotopic (exact) mass is 530 g/mol. The van der Waals surface area contributed by atoms with E-state index in [0.29, 0.717) is 48.9 Å². The first-order valence-electron chi connectivity index (χ1n) is 12.0. The molecule has 3 aromatic heterocycles. The molecule has 0 atom stereocenters. The van der Waals surface area contributed by atoms with E-state index < -0.39 is 17.4 Å². The van der Waals surface area contributed by atoms with E-state index in [4.69, 9.17) is 10.5 Å². The van der Waals surface area contributed by atoms with Crippen molar-refractivity contribution in [3.8, 4) is 11.3 Å². The minimum absolute atomic E-state index is 0.122. The number of aryl methyl sites for hydroxylation is 1. The van der Waals surface area contributed by atoms with Gasteiger partial charge >= 0.3 is 6.18 Å². The van der Waals surface area contributed by atoms with Crippen LogP contribution in [0, 0.1) is 0 Å². The van der Waals surface area contributed by atoms with Gasteiger partial charge in [-0.3, -0.25) is 14.3 Å². The molecule has 38 heavy (non-hydrogen) atoms. The molecule has 0 unspecified atom stereocenters. The van der Waals surface area contributed by atoms with E-state index in [1.165, 1.54) is 29.2 Å². The van der Waals surface area contributed by atoms with Crippen LogP contribution in [0.1, 0.15) is 42.4 Å². The molecule has 0 radical (unpaired) electrons. The van der Waals surface area contributed by atoms with Gasteiger partial charge in [-0.2, -0.15) is 18.3 Å². The predicted octanol–water partition coefficient (Wildman–Crippen LogP) is 3.93. The lowest BCUT2D eigenvalue weighted by molar-refractivity contribution is -0.140. The highest BCUT2D eigenvalue weighted by Gasteiger charge is 2.37. The fourth-order valence-corrected chi connectivity index (χ4v) is 3.90. The molecule has 0 aliphatic rings. The molecule has 5 N–H and O–H groups in total. The number of ether oxygens (including phenoxy) is 1. The van der Waals surface area contributed by atoms with Gasteiger partial charge in [-0.1, -0.05) is 6.92 Å². The van der Waals surface area contributed by atoms with Gasteiger partial charge in [0.15, 0.2) is 17.2 Å². The standard InChI is InChI=1S/C25H29F3N8O2/c1-4-15-11-16(5-6-17(15)23(37)31-8-10-38-14-24(2,3)29)34-21-22-32-13-19(36(22)9-7-30-21)18-12-33-35-20(18)25(26,27)28/h5-7,9,11-13H,4,8,10,14,29H2,1-3H3,(H,30,34)(H,31,37)(H,33,35). The highest BCUT2D eigenvalue weighted by Crippen LogP contribution is 2.36. The van der Waals surface area contributed by atoms with Crippen LogP contribution < -0.4 is 16.4 Å². The zero-order valence-corrected chi connectivity index (χ0v) is 21.2. The third-order valence-electron chi connectivity index (χ3n) is 5.61. The third kappa shape index (κ3) is 6.11. The average molecular weight is 531 g/mol. The summed E-state index contributed by atoms with van der Waals surface area (Å²) in [6.45, 7) is 6.73. The van der Waals surface area contributed by atoms with Crippen molar-refractivity contribution < 1.29 is 22.7 Å². The molecular formula is C25H29F3N8O2. The number of alkyl halides is 3. The smallest absolute Gasteiger partial charge is 0.378 e. The number of carbonyl (C=O) groups is 1. The number of nitrogens with one attached hydrogen (secondary N) is 3. The summed E-state index contributed by atoms with van der Waals surface area (Å²) < 4.78 is 47.1. The number of fused-ring (bicyclic) bond motifs is 1. The Balaban J connectivity index is 1.51. The summed E-state index contributed by atoms with van der Waals surface area (Å²) in [5, 5.41) is 11.6. The van der Waals surface area contributed by atoms with E-state index in [-0.39, 0.29) is 17.2 Å². The second-order valence-electron chi connectivity index (χ2n) is 9.41. The Kier molecular flexibility index (Phi) is 7.69. The van der Waals surface area contributed by atoms with E-state index in [1.807, 2.05) is 26.8 Å². The number of aromatic nitrogens is 5. The highest BCUT2D eigenvalue weighted by atomic mass is 19.4. The molecule has 10 nitrogen and oxygen atoms in total. The Hall–Kier alpha value is -3.97. The molecule has 0 spiro atoms. The first kappa shape index (κ1) is 27.1. The summed E-state index contributed by atoms with van der Waals surface area (Å²) >= 11 is 0. The zero-order valence-electron chi connectivity index (χ0n) is 21.2. The second kappa shape index (κ2) is 10.8. The largest absolute Gasteiger partial charge is 0.435 e. The van der Waals surface area contributed by atoms with E-state index in [9.17, 15) is 18.0 Å². The second-order valence-corrected chi connectivity index (χ2v) is 9.41. The molecule has 202 valence electrons. The number of benzene rings is 1. The summed E-state index contributed by atoms with van der Waals surface area (Å²) in [7, 11) is 0. The van der Waals surface area contributed by atoms with Gasteiger partial charge in [0, 0.05) is 41.9 Å². The van der Waals surface area contributed by atoms with E-state index in [1.54, 1.807) is 12.1 Å². The maximum absolute atomic E-state index is 13.4. The van der Waals surface area contributed by atoms with Crippen LogP contribution in [0.25, 0.3) is 16.9 Å². The summed E-state index contributed by atoms with van der Waals surface area (Å²) in [6, 6.07) is 5.27. The number of anilines is 2. The molecule has 0 fully saturated rings. The van der Waals surface area contributed by atoms with Crippen molar-refractivity contribution >= 4 is 23.1 Å². The Bertz CT molecular complexity index is 1420. The normalized spacial score (nSPS) is 12.2. The number of hydrogen-bond acceptors (Lipinski definition) is 7. The van der Waals surface area contributed by atoms with Gasteiger partial charge < -0.3 is 21.1 Å². The zero-order chi connectivity index (χ0) is 27.5. The fourth-order valence-electron chi connectivity index (χ4n) is 3.90. The molecule has 1 amide bonds. The molecule has 1 aromatic carbocycles. The molecule has 0 bridgehead atoms. The van der Waals surface area contributed by atoms with Crippen molar-refractivity contribution in [3.05, 3.63) is 59.8 Å². The molecular weight excluding hydrogens is 501 g/mol. The number of imidazole rings is 1. The van der Waals surface area contributed by atoms with Crippen LogP contribution in [0.5, 0.6) is 0 Å². The first-order chi connectivity index (χ1) is 18.0. The Morgan fingerprint density at radius 2 is 2.03 bits per heavy atom. The van der Waals surface area contributed by atoms with E-state index >= 15 is 0 Å². The van der Waals surface area contributed by atoms with Crippen LogP contribution in [-0.2, 0) is 17.3 Å². The van der Waals surface area contributed by atoms with Crippen LogP contribution in [0.3, 0.4) is 0 Å². The minimum Gasteiger partial charge on any atom is -0.378 e. The summed E-state index contributed by atoms with van der Waals surface area (Å²) in [5.41, 5.74) is 6.82. The summed E-state index contributed by atoms with van der Waals surface area (Å²) in [5.74, 6) is 0.123. The number of carbonyl (C=O) groups excluding carboxylic acids is 1. The Labute approximate surface area is 216 Å². The van der Waals surface area contributed by atoms with Crippen molar-refractivity contribution in [3.63, 3.8) is 0 Å². The third-order valence-corrected chi connectivity index (χ3v) is 5.61. The number of rotatable bonds is 10. The van der Waals surface area contributed by atoms with Gasteiger partial charge in [-0.05, 0) is 44.0 Å². The van der Waals surface area contributed by atoms with Gasteiger partial charge in [0.05, 0.1) is 30.7 Å². The number of hydrogen-bond donors (Lipinski definition) is 4. The quantitative estimate of drug-likeness (QED) is 0.228. The van der Waals surface area contributed by atoms with Gasteiger partial charge in [0.2, 0.25) is 0 Å². The fraction of sp³-hybridized carbons (Fsp3) is 0.360. The number of halogens is 3. The van der Waals surface area contributed by atoms with Gasteiger partial charge in [0.25, 0.3) is 5.91 Å². The lowest BCUT2D eigenvalue weighted by atomic mass is 10.0. The number of nitrogens with two attached hydrogens (primary N) is 1. The molecule has 3 heterocycles. The van der Waals surface area contributed by atoms with Crippen LogP contribution in [0.2, 0.25) is 0 Å². The Morgan fingerprint density at radius 3 is 2.74 bits per heavy atom. The van der Waals surface area contributed by atoms with Crippen molar-refractivity contribution in [1.29, 1.82) is 0 Å². The van der Waals surface area contributed by atoms with Crippen LogP contribution in [0.15, 0.2) is 43.0 Å². The maximum atomic E-state index is 13.4. The maximum Gasteiger partial charge on any atom is 0.435 e. The van der Waals surface area contributed by atoms with Gasteiger partial charge in [-0.25, -0.2) is 9.97 Å². The Morgan fingerprint density at radius 1 is 1.24 bits per heavy atom. The lowest BCUT2D eigenvalue weighted by Crippen LogP contribution is -2.38.